The van der Waals surface area contributed by atoms with E-state index in [1.54, 1.807) is 6.92 Å². The number of oxime groups is 1. The number of carbonyl (C=O) groups is 2. The average Bonchev–Trinajstić information content (AvgIpc) is 3.20. The fraction of sp³-hybridized carbons (Fsp3) is 0.700. The summed E-state index contributed by atoms with van der Waals surface area (Å²) >= 11 is 0. The number of hydrogen-bond donors (Lipinski definition) is 1. The number of ketones is 1. The van der Waals surface area contributed by atoms with Gasteiger partial charge in [0.2, 0.25) is 5.60 Å². The average molecular weight is 480 g/mol. The van der Waals surface area contributed by atoms with E-state index in [0.717, 1.165) is 44.9 Å². The molecule has 5 nitrogen and oxygen atoms in total. The molecule has 0 aromatic heterocycles. The Morgan fingerprint density at radius 3 is 2.66 bits per heavy atom. The molecule has 4 aliphatic rings. The molecule has 0 heterocycles. The van der Waals surface area contributed by atoms with Crippen LogP contribution >= 0.6 is 0 Å². The molecule has 1 N–H and O–H groups in total. The lowest BCUT2D eigenvalue weighted by molar-refractivity contribution is -0.158. The highest BCUT2D eigenvalue weighted by atomic mass is 16.6. The molecule has 5 heteroatoms. The van der Waals surface area contributed by atoms with Crippen LogP contribution in [0.3, 0.4) is 0 Å². The third-order valence-corrected chi connectivity index (χ3v) is 9.62. The van der Waals surface area contributed by atoms with Crippen molar-refractivity contribution in [3.8, 4) is 12.3 Å². The minimum absolute atomic E-state index is 0.0621. The molecule has 190 valence electrons. The van der Waals surface area contributed by atoms with Crippen molar-refractivity contribution in [3.63, 3.8) is 0 Å². The number of fused-ring (bicyclic) bond motifs is 5. The third kappa shape index (κ3) is 4.28. The summed E-state index contributed by atoms with van der Waals surface area (Å²) < 4.78 is 5.82. The Bertz CT molecular complexity index is 971. The van der Waals surface area contributed by atoms with Gasteiger partial charge in [0, 0.05) is 19.3 Å². The first-order valence-corrected chi connectivity index (χ1v) is 13.6. The van der Waals surface area contributed by atoms with Gasteiger partial charge in [-0.3, -0.25) is 9.59 Å². The monoisotopic (exact) mass is 479 g/mol. The number of ether oxygens (including phenoxy) is 1. The smallest absolute Gasteiger partial charge is 0.304 e. The fourth-order valence-electron chi connectivity index (χ4n) is 8.03. The topological polar surface area (TPSA) is 76.0 Å². The number of nitrogens with zero attached hydrogens (tertiary/aromatic N) is 1. The van der Waals surface area contributed by atoms with Gasteiger partial charge in [-0.2, -0.15) is 0 Å². The van der Waals surface area contributed by atoms with Gasteiger partial charge < -0.3 is 9.94 Å². The van der Waals surface area contributed by atoms with E-state index in [1.807, 2.05) is 6.08 Å². The number of carbonyl (C=O) groups excluding carboxylic acids is 2. The number of Topliss-reactive ketones (excluding diaryl/α,β-unsaturated/α-hetero) is 1. The molecule has 2 fully saturated rings. The van der Waals surface area contributed by atoms with Crippen LogP contribution in [0.25, 0.3) is 0 Å². The van der Waals surface area contributed by atoms with Gasteiger partial charge in [0.1, 0.15) is 5.78 Å². The Morgan fingerprint density at radius 2 is 1.97 bits per heavy atom. The fourth-order valence-corrected chi connectivity index (χ4v) is 8.03. The van der Waals surface area contributed by atoms with Gasteiger partial charge in [0.05, 0.1) is 11.1 Å². The molecule has 4 aliphatic carbocycles. The Balaban J connectivity index is 1.55. The van der Waals surface area contributed by atoms with Gasteiger partial charge >= 0.3 is 5.97 Å². The predicted octanol–water partition coefficient (Wildman–Crippen LogP) is 6.26. The highest BCUT2D eigenvalue weighted by Crippen LogP contribution is 2.64. The van der Waals surface area contributed by atoms with Gasteiger partial charge in [-0.05, 0) is 81.6 Å². The third-order valence-electron chi connectivity index (χ3n) is 9.62. The van der Waals surface area contributed by atoms with Crippen LogP contribution in [-0.4, -0.2) is 28.3 Å². The molecule has 0 bridgehead atoms. The van der Waals surface area contributed by atoms with Crippen LogP contribution < -0.4 is 0 Å². The molecule has 4 rings (SSSR count). The molecule has 7 atom stereocenters. The van der Waals surface area contributed by atoms with Crippen LogP contribution in [0.4, 0.5) is 0 Å². The molecule has 0 aliphatic heterocycles. The highest BCUT2D eigenvalue weighted by molar-refractivity contribution is 5.92. The number of hydrogen-bond acceptors (Lipinski definition) is 5. The van der Waals surface area contributed by atoms with Gasteiger partial charge in [-0.25, -0.2) is 0 Å². The molecule has 1 unspecified atom stereocenters. The van der Waals surface area contributed by atoms with E-state index in [0.29, 0.717) is 42.1 Å². The summed E-state index contributed by atoms with van der Waals surface area (Å²) in [7, 11) is 0. The van der Waals surface area contributed by atoms with Crippen LogP contribution in [0.2, 0.25) is 0 Å². The van der Waals surface area contributed by atoms with Crippen molar-refractivity contribution in [1.82, 2.24) is 0 Å². The van der Waals surface area contributed by atoms with Gasteiger partial charge in [-0.15, -0.1) is 6.42 Å². The first-order valence-electron chi connectivity index (χ1n) is 13.6. The van der Waals surface area contributed by atoms with Crippen LogP contribution in [-0.2, 0) is 14.3 Å². The zero-order valence-corrected chi connectivity index (χ0v) is 21.6. The van der Waals surface area contributed by atoms with Gasteiger partial charge in [0.25, 0.3) is 0 Å². The number of rotatable bonds is 8. The molecule has 35 heavy (non-hydrogen) atoms. The van der Waals surface area contributed by atoms with Crippen molar-refractivity contribution in [1.29, 1.82) is 0 Å². The van der Waals surface area contributed by atoms with E-state index < -0.39 is 17.0 Å². The molecule has 0 aromatic carbocycles. The van der Waals surface area contributed by atoms with E-state index in [1.165, 1.54) is 25.3 Å². The number of terminal acetylenes is 1. The van der Waals surface area contributed by atoms with Crippen LogP contribution in [0.1, 0.15) is 91.4 Å². The minimum atomic E-state index is -1.22. The van der Waals surface area contributed by atoms with Crippen molar-refractivity contribution < 1.29 is 19.5 Å². The summed E-state index contributed by atoms with van der Waals surface area (Å²) in [6.45, 7) is 5.38. The van der Waals surface area contributed by atoms with Gasteiger partial charge in [0.15, 0.2) is 0 Å². The number of unbranched alkanes of at least 4 members (excludes halogenated alkanes) is 3. The Labute approximate surface area is 210 Å². The second-order valence-corrected chi connectivity index (χ2v) is 11.2. The Kier molecular flexibility index (Phi) is 7.60. The molecule has 0 amide bonds. The molecular weight excluding hydrogens is 438 g/mol. The first-order chi connectivity index (χ1) is 16.8. The van der Waals surface area contributed by atoms with E-state index in [-0.39, 0.29) is 11.8 Å². The van der Waals surface area contributed by atoms with E-state index in [2.05, 4.69) is 30.2 Å². The summed E-state index contributed by atoms with van der Waals surface area (Å²) in [5, 5.41) is 13.5. The maximum atomic E-state index is 12.9. The second kappa shape index (κ2) is 10.3. The number of esters is 1. The number of allylic oxidation sites excluding steroid dienone is 3. The summed E-state index contributed by atoms with van der Waals surface area (Å²) in [5.74, 6) is 4.34. The van der Waals surface area contributed by atoms with Crippen LogP contribution in [0.5, 0.6) is 0 Å². The quantitative estimate of drug-likeness (QED) is 0.0848. The molecule has 0 aromatic rings. The first kappa shape index (κ1) is 25.7. The standard InChI is InChI=1S/C30H41NO4/c1-5-7-8-9-10-28(33)23-12-13-24-22(19-23)11-14-26-25(24)15-18-30(20(3)31-34)27(26)16-17-29(30,6-2)35-21(4)32/h2,16-17,19,23-27,34H,5,7-15,18H2,1,3-4H3/t23?,24-,25+,26+,27-,29-,30+/m0/s1. The molecule has 2 saturated carbocycles. The molecular formula is C30H41NO4. The van der Waals surface area contributed by atoms with Crippen LogP contribution in [0, 0.1) is 47.3 Å². The largest absolute Gasteiger partial charge is 0.441 e. The zero-order valence-electron chi connectivity index (χ0n) is 21.6. The Hall–Kier alpha value is -2.35. The predicted molar refractivity (Wildman–Crippen MR) is 137 cm³/mol. The van der Waals surface area contributed by atoms with Gasteiger partial charge in [-0.1, -0.05) is 55.0 Å². The molecule has 0 spiro atoms. The summed E-state index contributed by atoms with van der Waals surface area (Å²) in [4.78, 5) is 24.9. The SMILES string of the molecule is C#C[C@]1(OC(C)=O)C=C[C@H]2[C@@H]3CCC4=CC(C(=O)CCCCCC)CC[C@@H]4[C@H]3CC[C@@]21C(C)=NO. The lowest BCUT2D eigenvalue weighted by Gasteiger charge is -2.56. The van der Waals surface area contributed by atoms with Crippen molar-refractivity contribution in [2.75, 3.05) is 0 Å². The lowest BCUT2D eigenvalue weighted by Crippen LogP contribution is -2.59. The normalized spacial score (nSPS) is 37.9. The maximum absolute atomic E-state index is 12.9. The summed E-state index contributed by atoms with van der Waals surface area (Å²) in [6.07, 6.45) is 23.3. The minimum Gasteiger partial charge on any atom is -0.441 e. The lowest BCUT2D eigenvalue weighted by atomic mass is 9.48. The second-order valence-electron chi connectivity index (χ2n) is 11.2. The van der Waals surface area contributed by atoms with E-state index in [4.69, 9.17) is 11.2 Å². The highest BCUT2D eigenvalue weighted by Gasteiger charge is 2.66. The summed E-state index contributed by atoms with van der Waals surface area (Å²) in [5.41, 5.74) is 0.0948. The van der Waals surface area contributed by atoms with Crippen molar-refractivity contribution in [3.05, 3.63) is 23.8 Å². The maximum Gasteiger partial charge on any atom is 0.304 e. The van der Waals surface area contributed by atoms with Crippen molar-refractivity contribution >= 4 is 17.5 Å². The molecule has 0 saturated heterocycles. The summed E-state index contributed by atoms with van der Waals surface area (Å²) in [6, 6.07) is 0. The van der Waals surface area contributed by atoms with E-state index in [9.17, 15) is 14.8 Å². The van der Waals surface area contributed by atoms with Crippen molar-refractivity contribution in [2.45, 2.75) is 97.0 Å². The molecule has 0 radical (unpaired) electrons. The zero-order chi connectivity index (χ0) is 25.2. The van der Waals surface area contributed by atoms with Crippen molar-refractivity contribution in [2.24, 2.45) is 40.2 Å². The van der Waals surface area contributed by atoms with Crippen LogP contribution in [0.15, 0.2) is 29.0 Å². The Morgan fingerprint density at radius 1 is 1.17 bits per heavy atom. The van der Waals surface area contributed by atoms with E-state index >= 15 is 0 Å².